The molecule has 0 spiro atoms. The molecule has 1 N–H and O–H groups in total. The average molecular weight is 369 g/mol. The summed E-state index contributed by atoms with van der Waals surface area (Å²) in [6, 6.07) is 7.23. The van der Waals surface area contributed by atoms with Gasteiger partial charge in [-0.3, -0.25) is 14.9 Å². The van der Waals surface area contributed by atoms with E-state index in [1.807, 2.05) is 12.1 Å². The second kappa shape index (κ2) is 6.82. The molecule has 1 aromatic heterocycles. The number of hydrogen-bond donors (Lipinski definition) is 1. The number of thiazole rings is 1. The van der Waals surface area contributed by atoms with Crippen LogP contribution in [0.15, 0.2) is 28.7 Å². The van der Waals surface area contributed by atoms with Crippen molar-refractivity contribution in [2.75, 3.05) is 11.9 Å². The Balaban J connectivity index is 1.93. The van der Waals surface area contributed by atoms with E-state index in [-0.39, 0.29) is 18.3 Å². The zero-order chi connectivity index (χ0) is 15.4. The van der Waals surface area contributed by atoms with E-state index in [9.17, 15) is 9.59 Å². The van der Waals surface area contributed by atoms with E-state index in [1.165, 1.54) is 6.92 Å². The van der Waals surface area contributed by atoms with Gasteiger partial charge in [0.1, 0.15) is 5.75 Å². The van der Waals surface area contributed by atoms with E-state index in [1.54, 1.807) is 19.1 Å². The molecule has 0 saturated carbocycles. The van der Waals surface area contributed by atoms with Crippen LogP contribution in [0.3, 0.4) is 0 Å². The lowest BCUT2D eigenvalue weighted by Gasteiger charge is -2.05. The van der Waals surface area contributed by atoms with Crippen molar-refractivity contribution in [1.29, 1.82) is 0 Å². The van der Waals surface area contributed by atoms with Crippen LogP contribution in [0.5, 0.6) is 5.75 Å². The number of ketones is 1. The fourth-order valence-electron chi connectivity index (χ4n) is 1.64. The summed E-state index contributed by atoms with van der Waals surface area (Å²) in [5, 5.41) is 3.03. The number of carbonyl (C=O) groups excluding carboxylic acids is 2. The molecule has 0 atom stereocenters. The highest BCUT2D eigenvalue weighted by molar-refractivity contribution is 9.10. The Hall–Kier alpha value is -1.73. The molecule has 0 unspecified atom stereocenters. The lowest BCUT2D eigenvalue weighted by atomic mass is 10.3. The minimum absolute atomic E-state index is 0.0594. The lowest BCUT2D eigenvalue weighted by Crippen LogP contribution is -2.20. The van der Waals surface area contributed by atoms with Gasteiger partial charge in [-0.05, 0) is 25.1 Å². The van der Waals surface area contributed by atoms with Gasteiger partial charge in [0.25, 0.3) is 5.91 Å². The number of aromatic nitrogens is 1. The molecular weight excluding hydrogens is 356 g/mol. The molecule has 0 radical (unpaired) electrons. The van der Waals surface area contributed by atoms with Crippen LogP contribution in [-0.4, -0.2) is 23.3 Å². The van der Waals surface area contributed by atoms with E-state index in [0.717, 1.165) is 15.8 Å². The van der Waals surface area contributed by atoms with E-state index < -0.39 is 0 Å². The Morgan fingerprint density at radius 2 is 2.19 bits per heavy atom. The quantitative estimate of drug-likeness (QED) is 0.820. The normalized spacial score (nSPS) is 10.2. The van der Waals surface area contributed by atoms with Gasteiger partial charge in [-0.2, -0.15) is 0 Å². The van der Waals surface area contributed by atoms with Crippen molar-refractivity contribution in [3.8, 4) is 5.75 Å². The van der Waals surface area contributed by atoms with Crippen LogP contribution in [0.1, 0.15) is 22.3 Å². The minimum atomic E-state index is -0.321. The van der Waals surface area contributed by atoms with Gasteiger partial charge in [-0.1, -0.05) is 33.3 Å². The van der Waals surface area contributed by atoms with Crippen molar-refractivity contribution >= 4 is 44.1 Å². The summed E-state index contributed by atoms with van der Waals surface area (Å²) in [6.07, 6.45) is 0. The third-order valence-corrected chi connectivity index (χ3v) is 4.20. The smallest absolute Gasteiger partial charge is 0.264 e. The van der Waals surface area contributed by atoms with E-state index in [2.05, 4.69) is 26.2 Å². The Morgan fingerprint density at radius 3 is 2.81 bits per heavy atom. The van der Waals surface area contributed by atoms with Crippen LogP contribution in [0.25, 0.3) is 0 Å². The maximum atomic E-state index is 11.8. The van der Waals surface area contributed by atoms with Crippen molar-refractivity contribution in [1.82, 2.24) is 4.98 Å². The maximum absolute atomic E-state index is 11.8. The first kappa shape index (κ1) is 15.7. The molecule has 21 heavy (non-hydrogen) atoms. The molecule has 1 heterocycles. The van der Waals surface area contributed by atoms with Crippen LogP contribution < -0.4 is 10.1 Å². The molecule has 0 aliphatic rings. The number of nitrogens with zero attached hydrogens (tertiary/aromatic N) is 1. The van der Waals surface area contributed by atoms with Crippen molar-refractivity contribution < 1.29 is 14.3 Å². The largest absolute Gasteiger partial charge is 0.484 e. The van der Waals surface area contributed by atoms with Gasteiger partial charge in [0.15, 0.2) is 17.5 Å². The number of carbonyl (C=O) groups is 2. The number of ether oxygens (including phenoxy) is 1. The molecule has 0 aliphatic carbocycles. The highest BCUT2D eigenvalue weighted by Crippen LogP contribution is 2.23. The van der Waals surface area contributed by atoms with Crippen LogP contribution in [0, 0.1) is 6.92 Å². The highest BCUT2D eigenvalue weighted by Gasteiger charge is 2.13. The first-order valence-electron chi connectivity index (χ1n) is 6.12. The molecule has 0 aliphatic heterocycles. The molecule has 1 aromatic carbocycles. The van der Waals surface area contributed by atoms with Crippen molar-refractivity contribution in [2.45, 2.75) is 13.8 Å². The monoisotopic (exact) mass is 368 g/mol. The maximum Gasteiger partial charge on any atom is 0.264 e. The van der Waals surface area contributed by atoms with E-state index >= 15 is 0 Å². The molecule has 2 aromatic rings. The average Bonchev–Trinajstić information content (AvgIpc) is 2.77. The molecule has 1 amide bonds. The molecule has 2 rings (SSSR count). The second-order valence-electron chi connectivity index (χ2n) is 4.28. The predicted molar refractivity (Wildman–Crippen MR) is 85.1 cm³/mol. The van der Waals surface area contributed by atoms with Crippen LogP contribution >= 0.6 is 27.3 Å². The zero-order valence-electron chi connectivity index (χ0n) is 11.5. The number of nitrogens with one attached hydrogen (secondary N) is 1. The van der Waals surface area contributed by atoms with E-state index in [0.29, 0.717) is 21.5 Å². The summed E-state index contributed by atoms with van der Waals surface area (Å²) in [5.74, 6) is 0.217. The third kappa shape index (κ3) is 4.37. The molecule has 7 heteroatoms. The number of anilines is 1. The summed E-state index contributed by atoms with van der Waals surface area (Å²) in [5.41, 5.74) is 0.621. The molecule has 0 bridgehead atoms. The fourth-order valence-corrected chi connectivity index (χ4v) is 2.89. The van der Waals surface area contributed by atoms with Crippen molar-refractivity contribution in [3.63, 3.8) is 0 Å². The number of halogens is 1. The third-order valence-electron chi connectivity index (χ3n) is 2.53. The SMILES string of the molecule is CC(=O)c1sc(NC(=O)COc2cccc(Br)c2)nc1C. The van der Waals surface area contributed by atoms with Crippen LogP contribution in [-0.2, 0) is 4.79 Å². The van der Waals surface area contributed by atoms with Crippen LogP contribution in [0.4, 0.5) is 5.13 Å². The number of hydrogen-bond acceptors (Lipinski definition) is 5. The Labute approximate surface area is 134 Å². The Morgan fingerprint density at radius 1 is 1.43 bits per heavy atom. The van der Waals surface area contributed by atoms with Crippen molar-refractivity contribution in [2.24, 2.45) is 0 Å². The standard InChI is InChI=1S/C14H13BrN2O3S/c1-8-13(9(2)18)21-14(16-8)17-12(19)7-20-11-5-3-4-10(15)6-11/h3-6H,7H2,1-2H3,(H,16,17,19). The van der Waals surface area contributed by atoms with Gasteiger partial charge >= 0.3 is 0 Å². The topological polar surface area (TPSA) is 68.3 Å². The first-order chi connectivity index (χ1) is 9.95. The summed E-state index contributed by atoms with van der Waals surface area (Å²) < 4.78 is 6.25. The summed E-state index contributed by atoms with van der Waals surface area (Å²) >= 11 is 4.49. The number of rotatable bonds is 5. The van der Waals surface area contributed by atoms with Crippen LogP contribution in [0.2, 0.25) is 0 Å². The minimum Gasteiger partial charge on any atom is -0.484 e. The first-order valence-corrected chi connectivity index (χ1v) is 7.73. The highest BCUT2D eigenvalue weighted by atomic mass is 79.9. The van der Waals surface area contributed by atoms with E-state index in [4.69, 9.17) is 4.74 Å². The lowest BCUT2D eigenvalue weighted by molar-refractivity contribution is -0.118. The predicted octanol–water partition coefficient (Wildman–Crippen LogP) is 3.43. The van der Waals surface area contributed by atoms with Gasteiger partial charge in [-0.15, -0.1) is 0 Å². The molecule has 0 fully saturated rings. The summed E-state index contributed by atoms with van der Waals surface area (Å²) in [6.45, 7) is 3.09. The number of aryl methyl sites for hydroxylation is 1. The molecule has 0 saturated heterocycles. The van der Waals surface area contributed by atoms with Gasteiger partial charge in [0, 0.05) is 11.4 Å². The number of Topliss-reactive ketones (excluding diaryl/α,β-unsaturated/α-hetero) is 1. The van der Waals surface area contributed by atoms with Gasteiger partial charge in [-0.25, -0.2) is 4.98 Å². The Kier molecular flexibility index (Phi) is 5.08. The number of benzene rings is 1. The van der Waals surface area contributed by atoms with Gasteiger partial charge in [0.05, 0.1) is 10.6 Å². The Bertz CT molecular complexity index is 685. The summed E-state index contributed by atoms with van der Waals surface area (Å²) in [7, 11) is 0. The number of amides is 1. The molecule has 110 valence electrons. The second-order valence-corrected chi connectivity index (χ2v) is 6.20. The van der Waals surface area contributed by atoms with Crippen molar-refractivity contribution in [3.05, 3.63) is 39.3 Å². The van der Waals surface area contributed by atoms with Gasteiger partial charge < -0.3 is 4.74 Å². The zero-order valence-corrected chi connectivity index (χ0v) is 13.9. The molecular formula is C14H13BrN2O3S. The fraction of sp³-hybridized carbons (Fsp3) is 0.214. The summed E-state index contributed by atoms with van der Waals surface area (Å²) in [4.78, 5) is 27.8. The molecule has 5 nitrogen and oxygen atoms in total. The van der Waals surface area contributed by atoms with Gasteiger partial charge in [0.2, 0.25) is 0 Å².